The van der Waals surface area contributed by atoms with Gasteiger partial charge in [-0.15, -0.1) is 0 Å². The number of amides is 1. The summed E-state index contributed by atoms with van der Waals surface area (Å²) in [4.78, 5) is 18.5. The van der Waals surface area contributed by atoms with E-state index in [0.29, 0.717) is 23.6 Å². The van der Waals surface area contributed by atoms with Gasteiger partial charge >= 0.3 is 6.09 Å². The van der Waals surface area contributed by atoms with E-state index in [-0.39, 0.29) is 12.1 Å². The zero-order valence-electron chi connectivity index (χ0n) is 13.3. The van der Waals surface area contributed by atoms with Crippen LogP contribution in [0.15, 0.2) is 48.7 Å². The number of piperidine rings is 1. The van der Waals surface area contributed by atoms with Crippen molar-refractivity contribution in [2.24, 2.45) is 5.92 Å². The molecule has 1 aromatic heterocycles. The van der Waals surface area contributed by atoms with Gasteiger partial charge in [-0.1, -0.05) is 48.0 Å². The van der Waals surface area contributed by atoms with Gasteiger partial charge in [0, 0.05) is 18.8 Å². The second-order valence-corrected chi connectivity index (χ2v) is 6.99. The Hall–Kier alpha value is -2.07. The molecule has 1 aromatic carbocycles. The summed E-state index contributed by atoms with van der Waals surface area (Å²) in [6.45, 7) is 1.10. The van der Waals surface area contributed by atoms with Crippen molar-refractivity contribution >= 4 is 17.7 Å². The number of aromatic nitrogens is 1. The van der Waals surface area contributed by atoms with Gasteiger partial charge in [-0.2, -0.15) is 0 Å². The molecule has 2 aromatic rings. The standard InChI is InChI=1S/C19H19ClN2O2/c20-18-7-6-14(10-21-18)17-9-16-8-15(17)11-22(16)19(23)24-12-13-4-2-1-3-5-13/h1-7,10,15-17H,8-9,11-12H2/t15-,16-,17-/m0/s1. The van der Waals surface area contributed by atoms with E-state index in [2.05, 4.69) is 11.1 Å². The largest absolute Gasteiger partial charge is 0.445 e. The number of carbonyl (C=O) groups is 1. The fourth-order valence-electron chi connectivity index (χ4n) is 3.99. The number of fused-ring (bicyclic) bond motifs is 2. The molecule has 1 saturated heterocycles. The Kier molecular flexibility index (Phi) is 4.15. The van der Waals surface area contributed by atoms with Gasteiger partial charge in [0.15, 0.2) is 0 Å². The Labute approximate surface area is 146 Å². The van der Waals surface area contributed by atoms with E-state index in [0.717, 1.165) is 24.9 Å². The highest BCUT2D eigenvalue weighted by Gasteiger charge is 2.47. The van der Waals surface area contributed by atoms with Crippen LogP contribution >= 0.6 is 11.6 Å². The van der Waals surface area contributed by atoms with Crippen molar-refractivity contribution in [1.29, 1.82) is 0 Å². The first-order valence-corrected chi connectivity index (χ1v) is 8.67. The molecule has 2 fully saturated rings. The Balaban J connectivity index is 1.36. The van der Waals surface area contributed by atoms with Gasteiger partial charge in [0.2, 0.25) is 0 Å². The fourth-order valence-corrected chi connectivity index (χ4v) is 4.11. The van der Waals surface area contributed by atoms with Gasteiger partial charge in [0.1, 0.15) is 11.8 Å². The van der Waals surface area contributed by atoms with E-state index in [1.54, 1.807) is 0 Å². The van der Waals surface area contributed by atoms with Crippen molar-refractivity contribution in [2.45, 2.75) is 31.4 Å². The molecule has 3 atom stereocenters. The third-order valence-corrected chi connectivity index (χ3v) is 5.38. The van der Waals surface area contributed by atoms with Crippen LogP contribution in [0, 0.1) is 5.92 Å². The molecule has 4 rings (SSSR count). The Morgan fingerprint density at radius 2 is 2.04 bits per heavy atom. The number of rotatable bonds is 3. The minimum absolute atomic E-state index is 0.195. The van der Waals surface area contributed by atoms with Crippen LogP contribution in [-0.2, 0) is 11.3 Å². The lowest BCUT2D eigenvalue weighted by Crippen LogP contribution is -2.39. The summed E-state index contributed by atoms with van der Waals surface area (Å²) in [5.74, 6) is 0.959. The van der Waals surface area contributed by atoms with Crippen molar-refractivity contribution in [3.63, 3.8) is 0 Å². The van der Waals surface area contributed by atoms with Crippen LogP contribution in [0.4, 0.5) is 4.79 Å². The second kappa shape index (κ2) is 6.44. The van der Waals surface area contributed by atoms with Crippen molar-refractivity contribution < 1.29 is 9.53 Å². The third-order valence-electron chi connectivity index (χ3n) is 5.16. The number of pyridine rings is 1. The normalized spacial score (nSPS) is 25.0. The van der Waals surface area contributed by atoms with Crippen LogP contribution < -0.4 is 0 Å². The van der Waals surface area contributed by atoms with E-state index in [1.165, 1.54) is 5.56 Å². The highest BCUT2D eigenvalue weighted by atomic mass is 35.5. The first-order chi connectivity index (χ1) is 11.7. The molecule has 0 unspecified atom stereocenters. The topological polar surface area (TPSA) is 42.4 Å². The molecule has 2 heterocycles. The number of nitrogens with zero attached hydrogens (tertiary/aromatic N) is 2. The zero-order valence-corrected chi connectivity index (χ0v) is 14.0. The molecule has 5 heteroatoms. The molecule has 24 heavy (non-hydrogen) atoms. The van der Waals surface area contributed by atoms with Gasteiger partial charge < -0.3 is 9.64 Å². The van der Waals surface area contributed by atoms with Crippen LogP contribution in [0.5, 0.6) is 0 Å². The Morgan fingerprint density at radius 3 is 2.71 bits per heavy atom. The molecule has 1 aliphatic carbocycles. The van der Waals surface area contributed by atoms with Gasteiger partial charge in [-0.25, -0.2) is 9.78 Å². The molecule has 1 aliphatic heterocycles. The average molecular weight is 343 g/mol. The Bertz CT molecular complexity index is 720. The van der Waals surface area contributed by atoms with Gasteiger partial charge in [-0.05, 0) is 41.9 Å². The number of carbonyl (C=O) groups excluding carboxylic acids is 1. The highest BCUT2D eigenvalue weighted by molar-refractivity contribution is 6.29. The van der Waals surface area contributed by atoms with Crippen LogP contribution in [0.2, 0.25) is 5.15 Å². The molecular weight excluding hydrogens is 324 g/mol. The first kappa shape index (κ1) is 15.5. The summed E-state index contributed by atoms with van der Waals surface area (Å²) < 4.78 is 5.48. The SMILES string of the molecule is O=C(OCc1ccccc1)N1C[C@@H]2C[C@H]1C[C@H]2c1ccc(Cl)nc1. The molecule has 0 spiro atoms. The maximum Gasteiger partial charge on any atom is 0.410 e. The molecule has 0 radical (unpaired) electrons. The minimum Gasteiger partial charge on any atom is -0.445 e. The summed E-state index contributed by atoms with van der Waals surface area (Å²) in [7, 11) is 0. The van der Waals surface area contributed by atoms with Gasteiger partial charge in [0.25, 0.3) is 0 Å². The number of likely N-dealkylation sites (tertiary alicyclic amines) is 1. The van der Waals surface area contributed by atoms with Crippen LogP contribution in [0.1, 0.15) is 29.9 Å². The lowest BCUT2D eigenvalue weighted by atomic mass is 9.88. The average Bonchev–Trinajstić information content (AvgIpc) is 3.22. The number of ether oxygens (including phenoxy) is 1. The quantitative estimate of drug-likeness (QED) is 0.783. The number of hydrogen-bond acceptors (Lipinski definition) is 3. The number of benzene rings is 1. The highest BCUT2D eigenvalue weighted by Crippen LogP contribution is 2.47. The molecular formula is C19H19ClN2O2. The maximum atomic E-state index is 12.4. The molecule has 0 N–H and O–H groups in total. The first-order valence-electron chi connectivity index (χ1n) is 8.29. The van der Waals surface area contributed by atoms with E-state index in [4.69, 9.17) is 16.3 Å². The molecule has 2 bridgehead atoms. The van der Waals surface area contributed by atoms with E-state index >= 15 is 0 Å². The predicted molar refractivity (Wildman–Crippen MR) is 91.8 cm³/mol. The third kappa shape index (κ3) is 2.98. The van der Waals surface area contributed by atoms with Crippen LogP contribution in [0.25, 0.3) is 0 Å². The minimum atomic E-state index is -0.195. The lowest BCUT2D eigenvalue weighted by Gasteiger charge is -2.31. The van der Waals surface area contributed by atoms with Crippen molar-refractivity contribution in [3.8, 4) is 0 Å². The monoisotopic (exact) mass is 342 g/mol. The molecule has 4 nitrogen and oxygen atoms in total. The lowest BCUT2D eigenvalue weighted by molar-refractivity contribution is 0.0831. The molecule has 124 valence electrons. The number of hydrogen-bond donors (Lipinski definition) is 0. The van der Waals surface area contributed by atoms with Crippen LogP contribution in [0.3, 0.4) is 0 Å². The maximum absolute atomic E-state index is 12.4. The fraction of sp³-hybridized carbons (Fsp3) is 0.368. The van der Waals surface area contributed by atoms with Crippen molar-refractivity contribution in [1.82, 2.24) is 9.88 Å². The van der Waals surface area contributed by atoms with E-state index < -0.39 is 0 Å². The summed E-state index contributed by atoms with van der Waals surface area (Å²) in [5, 5.41) is 0.521. The van der Waals surface area contributed by atoms with Crippen molar-refractivity contribution in [2.75, 3.05) is 6.54 Å². The van der Waals surface area contributed by atoms with Gasteiger partial charge in [0.05, 0.1) is 0 Å². The van der Waals surface area contributed by atoms with E-state index in [1.807, 2.05) is 47.5 Å². The summed E-state index contributed by atoms with van der Waals surface area (Å²) in [6.07, 6.45) is 3.70. The Morgan fingerprint density at radius 1 is 1.21 bits per heavy atom. The smallest absolute Gasteiger partial charge is 0.410 e. The van der Waals surface area contributed by atoms with Gasteiger partial charge in [-0.3, -0.25) is 0 Å². The summed E-state index contributed by atoms with van der Waals surface area (Å²) in [6, 6.07) is 14.0. The second-order valence-electron chi connectivity index (χ2n) is 6.60. The zero-order chi connectivity index (χ0) is 16.5. The molecule has 1 amide bonds. The van der Waals surface area contributed by atoms with Crippen LogP contribution in [-0.4, -0.2) is 28.6 Å². The summed E-state index contributed by atoms with van der Waals surface area (Å²) in [5.41, 5.74) is 2.24. The predicted octanol–water partition coefficient (Wildman–Crippen LogP) is 4.25. The van der Waals surface area contributed by atoms with E-state index in [9.17, 15) is 4.79 Å². The van der Waals surface area contributed by atoms with Crippen molar-refractivity contribution in [3.05, 3.63) is 64.9 Å². The molecule has 1 saturated carbocycles. The summed E-state index contributed by atoms with van der Waals surface area (Å²) >= 11 is 5.87. The number of halogens is 1. The molecule has 2 aliphatic rings.